The van der Waals surface area contributed by atoms with Crippen molar-refractivity contribution in [3.05, 3.63) is 17.7 Å². The van der Waals surface area contributed by atoms with Crippen LogP contribution in [0.1, 0.15) is 31.7 Å². The minimum Gasteiger partial charge on any atom is -0.467 e. The van der Waals surface area contributed by atoms with Gasteiger partial charge in [0.2, 0.25) is 5.91 Å². The number of hydrogen-bond acceptors (Lipinski definition) is 5. The van der Waals surface area contributed by atoms with Gasteiger partial charge < -0.3 is 15.0 Å². The Morgan fingerprint density at radius 3 is 2.95 bits per heavy atom. The molecule has 0 saturated carbocycles. The average Bonchev–Trinajstić information content (AvgIpc) is 2.92. The highest BCUT2D eigenvalue weighted by Gasteiger charge is 2.29. The maximum absolute atomic E-state index is 12.3. The van der Waals surface area contributed by atoms with Gasteiger partial charge in [0.15, 0.2) is 0 Å². The maximum atomic E-state index is 12.3. The predicted molar refractivity (Wildman–Crippen MR) is 76.3 cm³/mol. The Labute approximate surface area is 123 Å². The van der Waals surface area contributed by atoms with Gasteiger partial charge in [0.1, 0.15) is 6.04 Å². The number of fused-ring (bicyclic) bond motifs is 1. The van der Waals surface area contributed by atoms with Crippen molar-refractivity contribution in [1.29, 1.82) is 0 Å². The van der Waals surface area contributed by atoms with Crippen LogP contribution in [-0.2, 0) is 27.3 Å². The number of nitrogens with zero attached hydrogens (tertiary/aromatic N) is 1. The molecule has 3 N–H and O–H groups in total. The minimum atomic E-state index is -0.607. The molecule has 21 heavy (non-hydrogen) atoms. The number of hydrogen-bond donors (Lipinski definition) is 3. The molecule has 0 bridgehead atoms. The van der Waals surface area contributed by atoms with Crippen LogP contribution < -0.4 is 10.6 Å². The third kappa shape index (κ3) is 3.81. The fourth-order valence-electron chi connectivity index (χ4n) is 2.45. The molecule has 0 aliphatic carbocycles. The molecule has 7 nitrogen and oxygen atoms in total. The van der Waals surface area contributed by atoms with Crippen molar-refractivity contribution in [3.63, 3.8) is 0 Å². The van der Waals surface area contributed by atoms with Gasteiger partial charge >= 0.3 is 5.97 Å². The predicted octanol–water partition coefficient (Wildman–Crippen LogP) is 0.128. The van der Waals surface area contributed by atoms with Gasteiger partial charge in [-0.1, -0.05) is 13.8 Å². The first-order chi connectivity index (χ1) is 10.0. The zero-order valence-electron chi connectivity index (χ0n) is 12.6. The number of aromatic nitrogens is 2. The van der Waals surface area contributed by atoms with Crippen molar-refractivity contribution in [3.8, 4) is 0 Å². The number of amides is 1. The lowest BCUT2D eigenvalue weighted by molar-refractivity contribution is -0.145. The van der Waals surface area contributed by atoms with Gasteiger partial charge in [0.05, 0.1) is 30.9 Å². The molecule has 0 aromatic carbocycles. The summed E-state index contributed by atoms with van der Waals surface area (Å²) in [6.45, 7) is 4.56. The van der Waals surface area contributed by atoms with Crippen molar-refractivity contribution in [2.24, 2.45) is 5.92 Å². The molecule has 1 aliphatic rings. The summed E-state index contributed by atoms with van der Waals surface area (Å²) >= 11 is 0. The van der Waals surface area contributed by atoms with Gasteiger partial charge in [-0.25, -0.2) is 9.78 Å². The van der Waals surface area contributed by atoms with Gasteiger partial charge in [-0.05, 0) is 12.3 Å². The van der Waals surface area contributed by atoms with Gasteiger partial charge in [-0.2, -0.15) is 0 Å². The number of H-pyrrole nitrogens is 1. The first-order valence-electron chi connectivity index (χ1n) is 7.14. The van der Waals surface area contributed by atoms with E-state index in [1.54, 1.807) is 6.33 Å². The van der Waals surface area contributed by atoms with E-state index in [1.807, 2.05) is 13.8 Å². The summed E-state index contributed by atoms with van der Waals surface area (Å²) in [7, 11) is 1.33. The Balaban J connectivity index is 1.97. The van der Waals surface area contributed by atoms with E-state index in [9.17, 15) is 9.59 Å². The molecule has 1 aliphatic heterocycles. The van der Waals surface area contributed by atoms with Gasteiger partial charge in [0.25, 0.3) is 0 Å². The number of carbonyl (C=O) groups excluding carboxylic acids is 2. The van der Waals surface area contributed by atoms with Crippen molar-refractivity contribution >= 4 is 11.9 Å². The number of nitrogens with one attached hydrogen (secondary N) is 3. The average molecular weight is 294 g/mol. The van der Waals surface area contributed by atoms with Crippen molar-refractivity contribution < 1.29 is 14.3 Å². The summed E-state index contributed by atoms with van der Waals surface area (Å²) in [6, 6.07) is -0.981. The Bertz CT molecular complexity index is 512. The summed E-state index contributed by atoms with van der Waals surface area (Å²) in [5.74, 6) is -0.320. The summed E-state index contributed by atoms with van der Waals surface area (Å²) in [5.41, 5.74) is 1.90. The Kier molecular flexibility index (Phi) is 4.95. The molecule has 0 fully saturated rings. The molecule has 0 radical (unpaired) electrons. The van der Waals surface area contributed by atoms with Crippen LogP contribution in [0, 0.1) is 5.92 Å². The molecule has 0 saturated heterocycles. The lowest BCUT2D eigenvalue weighted by atomic mass is 10.0. The van der Waals surface area contributed by atoms with Crippen LogP contribution in [0.4, 0.5) is 0 Å². The van der Waals surface area contributed by atoms with E-state index in [1.165, 1.54) is 7.11 Å². The summed E-state index contributed by atoms with van der Waals surface area (Å²) in [4.78, 5) is 31.3. The van der Waals surface area contributed by atoms with E-state index in [0.717, 1.165) is 11.4 Å². The fraction of sp³-hybridized carbons (Fsp3) is 0.643. The largest absolute Gasteiger partial charge is 0.467 e. The quantitative estimate of drug-likeness (QED) is 0.671. The molecule has 2 rings (SSSR count). The second-order valence-electron chi connectivity index (χ2n) is 5.68. The van der Waals surface area contributed by atoms with Crippen LogP contribution in [0.3, 0.4) is 0 Å². The summed E-state index contributed by atoms with van der Waals surface area (Å²) < 4.78 is 4.75. The van der Waals surface area contributed by atoms with E-state index >= 15 is 0 Å². The third-order valence-corrected chi connectivity index (χ3v) is 3.56. The smallest absolute Gasteiger partial charge is 0.328 e. The number of rotatable bonds is 5. The Morgan fingerprint density at radius 1 is 1.52 bits per heavy atom. The Hall–Kier alpha value is -1.89. The van der Waals surface area contributed by atoms with E-state index in [4.69, 9.17) is 4.74 Å². The number of carbonyl (C=O) groups is 2. The molecule has 1 aromatic heterocycles. The molecule has 7 heteroatoms. The standard InChI is InChI=1S/C14H22N4O3/c1-8(2)4-11(14(20)21-3)18-13(19)10-5-9-12(6-15-10)17-7-16-9/h7-8,10-11,15H,4-6H2,1-3H3,(H,16,17)(H,18,19)/t10?,11-/m0/s1. The molecule has 1 unspecified atom stereocenters. The zero-order chi connectivity index (χ0) is 15.4. The highest BCUT2D eigenvalue weighted by Crippen LogP contribution is 2.13. The van der Waals surface area contributed by atoms with E-state index in [0.29, 0.717) is 19.4 Å². The summed E-state index contributed by atoms with van der Waals surface area (Å²) in [6.07, 6.45) is 2.70. The fourth-order valence-corrected chi connectivity index (χ4v) is 2.45. The lowest BCUT2D eigenvalue weighted by Gasteiger charge is -2.25. The highest BCUT2D eigenvalue weighted by atomic mass is 16.5. The molecular formula is C14H22N4O3. The second-order valence-corrected chi connectivity index (χ2v) is 5.68. The van der Waals surface area contributed by atoms with Crippen LogP contribution in [0.5, 0.6) is 0 Å². The number of methoxy groups -OCH3 is 1. The van der Waals surface area contributed by atoms with Crippen molar-refractivity contribution in [2.75, 3.05) is 7.11 Å². The SMILES string of the molecule is COC(=O)[C@H](CC(C)C)NC(=O)C1Cc2nc[nH]c2CN1. The van der Waals surface area contributed by atoms with Gasteiger partial charge in [-0.15, -0.1) is 0 Å². The topological polar surface area (TPSA) is 96.1 Å². The normalized spacial score (nSPS) is 19.0. The zero-order valence-corrected chi connectivity index (χ0v) is 12.6. The van der Waals surface area contributed by atoms with Gasteiger partial charge in [-0.3, -0.25) is 10.1 Å². The molecule has 2 heterocycles. The van der Waals surface area contributed by atoms with Crippen LogP contribution in [0.25, 0.3) is 0 Å². The number of aromatic amines is 1. The monoisotopic (exact) mass is 294 g/mol. The molecule has 0 spiro atoms. The van der Waals surface area contributed by atoms with Crippen LogP contribution in [0.15, 0.2) is 6.33 Å². The van der Waals surface area contributed by atoms with Crippen LogP contribution in [-0.4, -0.2) is 41.0 Å². The highest BCUT2D eigenvalue weighted by molar-refractivity contribution is 5.87. The van der Waals surface area contributed by atoms with E-state index in [-0.39, 0.29) is 17.9 Å². The number of esters is 1. The Morgan fingerprint density at radius 2 is 2.29 bits per heavy atom. The second kappa shape index (κ2) is 6.71. The van der Waals surface area contributed by atoms with E-state index < -0.39 is 12.0 Å². The molecular weight excluding hydrogens is 272 g/mol. The number of ether oxygens (including phenoxy) is 1. The molecule has 1 amide bonds. The van der Waals surface area contributed by atoms with Crippen LogP contribution in [0.2, 0.25) is 0 Å². The van der Waals surface area contributed by atoms with E-state index in [2.05, 4.69) is 20.6 Å². The lowest BCUT2D eigenvalue weighted by Crippen LogP contribution is -2.52. The van der Waals surface area contributed by atoms with Crippen LogP contribution >= 0.6 is 0 Å². The molecule has 1 aromatic rings. The maximum Gasteiger partial charge on any atom is 0.328 e. The third-order valence-electron chi connectivity index (χ3n) is 3.56. The minimum absolute atomic E-state index is 0.195. The molecule has 2 atom stereocenters. The van der Waals surface area contributed by atoms with Crippen molar-refractivity contribution in [1.82, 2.24) is 20.6 Å². The summed E-state index contributed by atoms with van der Waals surface area (Å²) in [5, 5.41) is 5.92. The number of imidazole rings is 1. The first kappa shape index (κ1) is 15.5. The molecule has 116 valence electrons. The first-order valence-corrected chi connectivity index (χ1v) is 7.14. The van der Waals surface area contributed by atoms with Gasteiger partial charge in [0, 0.05) is 13.0 Å². The van der Waals surface area contributed by atoms with Crippen molar-refractivity contribution in [2.45, 2.75) is 45.3 Å².